The van der Waals surface area contributed by atoms with Crippen molar-refractivity contribution >= 4 is 40.1 Å². The van der Waals surface area contributed by atoms with Crippen LogP contribution < -0.4 is 5.32 Å². The van der Waals surface area contributed by atoms with Crippen LogP contribution in [0.1, 0.15) is 29.6 Å². The van der Waals surface area contributed by atoms with E-state index in [1.165, 1.54) is 0 Å². The molecule has 0 radical (unpaired) electrons. The Bertz CT molecular complexity index is 398. The Balaban J connectivity index is 2.08. The molecule has 1 amide bonds. The van der Waals surface area contributed by atoms with Crippen molar-refractivity contribution in [3.8, 4) is 0 Å². The molecule has 0 bridgehead atoms. The summed E-state index contributed by atoms with van der Waals surface area (Å²) in [5.74, 6) is 0.488. The van der Waals surface area contributed by atoms with E-state index in [4.69, 9.17) is 11.6 Å². The first-order valence-corrected chi connectivity index (χ1v) is 6.91. The maximum atomic E-state index is 12.0. The lowest BCUT2D eigenvalue weighted by Crippen LogP contribution is -2.55. The Morgan fingerprint density at radius 3 is 2.75 bits per heavy atom. The van der Waals surface area contributed by atoms with Gasteiger partial charge in [0.2, 0.25) is 0 Å². The van der Waals surface area contributed by atoms with Gasteiger partial charge in [0.05, 0.1) is 5.54 Å². The monoisotopic (exact) mass is 349 g/mol. The zero-order chi connectivity index (χ0) is 11.6. The molecule has 16 heavy (non-hydrogen) atoms. The van der Waals surface area contributed by atoms with E-state index in [9.17, 15) is 4.79 Å². The van der Waals surface area contributed by atoms with Gasteiger partial charge < -0.3 is 5.32 Å². The number of carbonyl (C=O) groups excluding carboxylic acids is 1. The molecule has 2 nitrogen and oxygen atoms in total. The molecule has 1 fully saturated rings. The number of amides is 1. The average Bonchev–Trinajstić information content (AvgIpc) is 2.23. The minimum atomic E-state index is -0.153. The highest BCUT2D eigenvalue weighted by Gasteiger charge is 2.37. The largest absolute Gasteiger partial charge is 0.345 e. The van der Waals surface area contributed by atoms with Crippen molar-refractivity contribution < 1.29 is 4.79 Å². The molecule has 1 aromatic rings. The van der Waals surface area contributed by atoms with Gasteiger partial charge in [-0.25, -0.2) is 0 Å². The molecule has 2 rings (SSSR count). The number of rotatable bonds is 3. The third-order valence-electron chi connectivity index (χ3n) is 3.03. The van der Waals surface area contributed by atoms with Crippen LogP contribution in [0.15, 0.2) is 24.3 Å². The van der Waals surface area contributed by atoms with E-state index in [2.05, 4.69) is 27.9 Å². The number of benzene rings is 1. The zero-order valence-corrected chi connectivity index (χ0v) is 11.7. The Hall–Kier alpha value is -0.290. The fourth-order valence-electron chi connectivity index (χ4n) is 1.84. The van der Waals surface area contributed by atoms with E-state index in [1.807, 2.05) is 24.3 Å². The minimum absolute atomic E-state index is 0.0149. The second-order valence-corrected chi connectivity index (χ2v) is 5.74. The molecule has 1 aromatic carbocycles. The van der Waals surface area contributed by atoms with Crippen LogP contribution in [0, 0.1) is 3.57 Å². The third-order valence-corrected chi connectivity index (χ3v) is 4.21. The van der Waals surface area contributed by atoms with E-state index in [-0.39, 0.29) is 11.4 Å². The highest BCUT2D eigenvalue weighted by Crippen LogP contribution is 2.33. The molecule has 1 saturated carbocycles. The Morgan fingerprint density at radius 2 is 2.25 bits per heavy atom. The van der Waals surface area contributed by atoms with E-state index >= 15 is 0 Å². The van der Waals surface area contributed by atoms with Crippen molar-refractivity contribution in [2.24, 2.45) is 0 Å². The molecule has 1 N–H and O–H groups in total. The van der Waals surface area contributed by atoms with Gasteiger partial charge in [-0.1, -0.05) is 6.07 Å². The molecule has 0 aliphatic heterocycles. The second-order valence-electron chi connectivity index (χ2n) is 4.23. The quantitative estimate of drug-likeness (QED) is 0.659. The smallest absolute Gasteiger partial charge is 0.251 e. The van der Waals surface area contributed by atoms with Crippen molar-refractivity contribution in [2.75, 3.05) is 5.88 Å². The van der Waals surface area contributed by atoms with Crippen molar-refractivity contribution in [1.82, 2.24) is 5.32 Å². The Labute approximate surface area is 114 Å². The van der Waals surface area contributed by atoms with Gasteiger partial charge in [-0.2, -0.15) is 0 Å². The van der Waals surface area contributed by atoms with Gasteiger partial charge in [0, 0.05) is 15.0 Å². The molecule has 0 saturated heterocycles. The molecule has 0 heterocycles. The van der Waals surface area contributed by atoms with Crippen LogP contribution in [-0.4, -0.2) is 17.3 Å². The molecule has 0 atom stereocenters. The number of hydrogen-bond acceptors (Lipinski definition) is 1. The van der Waals surface area contributed by atoms with Crippen LogP contribution in [0.3, 0.4) is 0 Å². The molecule has 86 valence electrons. The van der Waals surface area contributed by atoms with Crippen LogP contribution in [0.25, 0.3) is 0 Å². The summed E-state index contributed by atoms with van der Waals surface area (Å²) < 4.78 is 1.07. The predicted octanol–water partition coefficient (Wildman–Crippen LogP) is 3.18. The summed E-state index contributed by atoms with van der Waals surface area (Å²) in [6.45, 7) is 0. The summed E-state index contributed by atoms with van der Waals surface area (Å²) in [6.07, 6.45) is 3.14. The van der Waals surface area contributed by atoms with Gasteiger partial charge in [-0.05, 0) is 60.1 Å². The highest BCUT2D eigenvalue weighted by molar-refractivity contribution is 14.1. The highest BCUT2D eigenvalue weighted by atomic mass is 127. The SMILES string of the molecule is O=C(NC1(CCl)CCC1)c1cccc(I)c1. The van der Waals surface area contributed by atoms with E-state index in [0.29, 0.717) is 11.4 Å². The first-order valence-electron chi connectivity index (χ1n) is 5.29. The number of alkyl halides is 1. The molecular formula is C12H13ClINO. The van der Waals surface area contributed by atoms with Crippen molar-refractivity contribution in [3.05, 3.63) is 33.4 Å². The molecule has 0 unspecified atom stereocenters. The fourth-order valence-corrected chi connectivity index (χ4v) is 2.72. The second kappa shape index (κ2) is 4.92. The van der Waals surface area contributed by atoms with Crippen molar-refractivity contribution in [1.29, 1.82) is 0 Å². The van der Waals surface area contributed by atoms with Crippen LogP contribution in [0.4, 0.5) is 0 Å². The lowest BCUT2D eigenvalue weighted by atomic mass is 9.78. The number of halogens is 2. The molecule has 1 aliphatic rings. The lowest BCUT2D eigenvalue weighted by Gasteiger charge is -2.41. The first-order chi connectivity index (χ1) is 7.65. The summed E-state index contributed by atoms with van der Waals surface area (Å²) >= 11 is 8.11. The predicted molar refractivity (Wildman–Crippen MR) is 73.9 cm³/mol. The Kier molecular flexibility index (Phi) is 3.74. The van der Waals surface area contributed by atoms with E-state index in [1.54, 1.807) is 0 Å². The summed E-state index contributed by atoms with van der Waals surface area (Å²) in [5, 5.41) is 3.05. The number of hydrogen-bond donors (Lipinski definition) is 1. The van der Waals surface area contributed by atoms with Gasteiger partial charge in [0.15, 0.2) is 0 Å². The van der Waals surface area contributed by atoms with Gasteiger partial charge >= 0.3 is 0 Å². The van der Waals surface area contributed by atoms with E-state index in [0.717, 1.165) is 22.8 Å². The van der Waals surface area contributed by atoms with E-state index < -0.39 is 0 Å². The summed E-state index contributed by atoms with van der Waals surface area (Å²) in [4.78, 5) is 12.0. The fraction of sp³-hybridized carbons (Fsp3) is 0.417. The van der Waals surface area contributed by atoms with Crippen LogP contribution in [-0.2, 0) is 0 Å². The standard InChI is InChI=1S/C12H13ClINO/c13-8-12(5-2-6-12)15-11(16)9-3-1-4-10(14)7-9/h1,3-4,7H,2,5-6,8H2,(H,15,16). The number of carbonyl (C=O) groups is 1. The molecule has 0 spiro atoms. The summed E-state index contributed by atoms with van der Waals surface area (Å²) in [7, 11) is 0. The molecule has 4 heteroatoms. The zero-order valence-electron chi connectivity index (χ0n) is 8.80. The maximum Gasteiger partial charge on any atom is 0.251 e. The summed E-state index contributed by atoms with van der Waals surface area (Å²) in [6, 6.07) is 7.58. The van der Waals surface area contributed by atoms with Gasteiger partial charge in [-0.15, -0.1) is 11.6 Å². The van der Waals surface area contributed by atoms with Crippen LogP contribution in [0.2, 0.25) is 0 Å². The topological polar surface area (TPSA) is 29.1 Å². The van der Waals surface area contributed by atoms with Crippen molar-refractivity contribution in [3.63, 3.8) is 0 Å². The van der Waals surface area contributed by atoms with Crippen molar-refractivity contribution in [2.45, 2.75) is 24.8 Å². The van der Waals surface area contributed by atoms with Gasteiger partial charge in [0.25, 0.3) is 5.91 Å². The average molecular weight is 350 g/mol. The van der Waals surface area contributed by atoms with Crippen LogP contribution >= 0.6 is 34.2 Å². The number of nitrogens with one attached hydrogen (secondary N) is 1. The molecule has 1 aliphatic carbocycles. The van der Waals surface area contributed by atoms with Crippen LogP contribution in [0.5, 0.6) is 0 Å². The Morgan fingerprint density at radius 1 is 1.50 bits per heavy atom. The molecular weight excluding hydrogens is 336 g/mol. The van der Waals surface area contributed by atoms with Gasteiger partial charge in [-0.3, -0.25) is 4.79 Å². The lowest BCUT2D eigenvalue weighted by molar-refractivity contribution is 0.0854. The first kappa shape index (κ1) is 12.2. The minimum Gasteiger partial charge on any atom is -0.345 e. The normalized spacial score (nSPS) is 17.6. The van der Waals surface area contributed by atoms with Gasteiger partial charge in [0.1, 0.15) is 0 Å². The summed E-state index contributed by atoms with van der Waals surface area (Å²) in [5.41, 5.74) is 0.559. The third kappa shape index (κ3) is 2.51. The maximum absolute atomic E-state index is 12.0. The molecule has 0 aromatic heterocycles.